The second kappa shape index (κ2) is 7.99. The number of esters is 1. The molecule has 0 aliphatic rings. The number of hydrogen-bond acceptors (Lipinski definition) is 5. The Morgan fingerprint density at radius 3 is 2.37 bits per heavy atom. The molecule has 3 aromatic rings. The van der Waals surface area contributed by atoms with Gasteiger partial charge >= 0.3 is 5.97 Å². The minimum absolute atomic E-state index is 0.0360. The lowest BCUT2D eigenvalue weighted by Crippen LogP contribution is -2.24. The van der Waals surface area contributed by atoms with Crippen molar-refractivity contribution in [3.63, 3.8) is 0 Å². The molecule has 142 valence electrons. The lowest BCUT2D eigenvalue weighted by molar-refractivity contribution is -0.384. The van der Waals surface area contributed by atoms with Crippen LogP contribution in [0.25, 0.3) is 22.0 Å². The molecule has 2 heterocycles. The number of non-ortho nitro benzene ring substituents is 1. The van der Waals surface area contributed by atoms with Gasteiger partial charge in [0.2, 0.25) is 0 Å². The second-order valence-corrected chi connectivity index (χ2v) is 6.62. The molecule has 0 saturated heterocycles. The van der Waals surface area contributed by atoms with Gasteiger partial charge in [-0.1, -0.05) is 13.8 Å². The minimum Gasteiger partial charge on any atom is -0.455 e. The molecule has 3 rings (SSSR count). The molecule has 1 aromatic carbocycles. The molecular weight excluding hydrogens is 346 g/mol. The molecule has 0 amide bonds. The number of rotatable bonds is 3. The second-order valence-electron chi connectivity index (χ2n) is 6.62. The summed E-state index contributed by atoms with van der Waals surface area (Å²) < 4.78 is 5.32. The molecule has 2 aromatic heterocycles. The van der Waals surface area contributed by atoms with Crippen LogP contribution < -0.4 is 0 Å². The number of ether oxygens (including phenoxy) is 1. The number of carbonyl (C=O) groups is 1. The zero-order valence-corrected chi connectivity index (χ0v) is 16.1. The molecule has 0 saturated carbocycles. The average molecular weight is 369 g/mol. The molecule has 0 spiro atoms. The van der Waals surface area contributed by atoms with Crippen LogP contribution in [0.2, 0.25) is 0 Å². The number of benzene rings is 1. The number of nitrogens with zero attached hydrogens (tertiary/aromatic N) is 2. The van der Waals surface area contributed by atoms with Crippen molar-refractivity contribution in [1.29, 1.82) is 0 Å². The summed E-state index contributed by atoms with van der Waals surface area (Å²) in [5, 5.41) is 11.6. The van der Waals surface area contributed by atoms with Crippen LogP contribution in [-0.4, -0.2) is 26.5 Å². The molecule has 7 nitrogen and oxygen atoms in total. The van der Waals surface area contributed by atoms with E-state index in [2.05, 4.69) is 9.97 Å². The topological polar surface area (TPSA) is 98.1 Å². The third-order valence-electron chi connectivity index (χ3n) is 3.56. The maximum absolute atomic E-state index is 12.1. The van der Waals surface area contributed by atoms with Gasteiger partial charge in [0.25, 0.3) is 5.69 Å². The van der Waals surface area contributed by atoms with Gasteiger partial charge in [0.1, 0.15) is 11.3 Å². The summed E-state index contributed by atoms with van der Waals surface area (Å²) >= 11 is 0. The number of H-pyrrole nitrogens is 1. The lowest BCUT2D eigenvalue weighted by Gasteiger charge is -2.18. The molecule has 0 fully saturated rings. The predicted molar refractivity (Wildman–Crippen MR) is 105 cm³/mol. The van der Waals surface area contributed by atoms with Crippen LogP contribution in [0.15, 0.2) is 42.7 Å². The Bertz CT molecular complexity index is 954. The highest BCUT2D eigenvalue weighted by atomic mass is 16.6. The van der Waals surface area contributed by atoms with Gasteiger partial charge in [-0.3, -0.25) is 10.1 Å². The van der Waals surface area contributed by atoms with Gasteiger partial charge in [-0.2, -0.15) is 0 Å². The number of hydrogen-bond donors (Lipinski definition) is 1. The highest BCUT2D eigenvalue weighted by Crippen LogP contribution is 2.29. The van der Waals surface area contributed by atoms with E-state index in [0.717, 1.165) is 22.0 Å². The van der Waals surface area contributed by atoms with E-state index < -0.39 is 16.5 Å². The molecule has 0 unspecified atom stereocenters. The zero-order valence-electron chi connectivity index (χ0n) is 16.1. The molecule has 0 radical (unpaired) electrons. The van der Waals surface area contributed by atoms with E-state index in [4.69, 9.17) is 4.74 Å². The van der Waals surface area contributed by atoms with E-state index in [1.165, 1.54) is 12.1 Å². The van der Waals surface area contributed by atoms with Crippen molar-refractivity contribution in [3.05, 3.63) is 58.5 Å². The van der Waals surface area contributed by atoms with Gasteiger partial charge in [0, 0.05) is 41.0 Å². The SMILES string of the molecule is CC.CC(C)(C)OC(=O)c1cc2[nH]cc(-c3ccc([N+](=O)[O-])cc3)c2cn1. The number of carbonyl (C=O) groups excluding carboxylic acids is 1. The van der Waals surface area contributed by atoms with Gasteiger partial charge < -0.3 is 9.72 Å². The van der Waals surface area contributed by atoms with Crippen molar-refractivity contribution >= 4 is 22.6 Å². The van der Waals surface area contributed by atoms with Gasteiger partial charge in [-0.25, -0.2) is 9.78 Å². The van der Waals surface area contributed by atoms with Gasteiger partial charge in [0.05, 0.1) is 4.92 Å². The summed E-state index contributed by atoms with van der Waals surface area (Å²) in [5.41, 5.74) is 2.09. The van der Waals surface area contributed by atoms with Crippen LogP contribution in [0.3, 0.4) is 0 Å². The van der Waals surface area contributed by atoms with Crippen molar-refractivity contribution in [3.8, 4) is 11.1 Å². The molecular formula is C20H23N3O4. The normalized spacial score (nSPS) is 10.9. The fraction of sp³-hybridized carbons (Fsp3) is 0.300. The number of fused-ring (bicyclic) bond motifs is 1. The quantitative estimate of drug-likeness (QED) is 0.392. The van der Waals surface area contributed by atoms with Crippen LogP contribution in [-0.2, 0) is 4.74 Å². The fourth-order valence-electron chi connectivity index (χ4n) is 2.46. The summed E-state index contributed by atoms with van der Waals surface area (Å²) in [4.78, 5) is 29.7. The monoisotopic (exact) mass is 369 g/mol. The number of aromatic amines is 1. The summed E-state index contributed by atoms with van der Waals surface area (Å²) in [6.07, 6.45) is 3.38. The number of nitro benzene ring substituents is 1. The van der Waals surface area contributed by atoms with Gasteiger partial charge in [-0.05, 0) is 44.5 Å². The van der Waals surface area contributed by atoms with E-state index in [-0.39, 0.29) is 11.4 Å². The Morgan fingerprint density at radius 1 is 1.19 bits per heavy atom. The molecule has 27 heavy (non-hydrogen) atoms. The number of aromatic nitrogens is 2. The Kier molecular flexibility index (Phi) is 5.95. The van der Waals surface area contributed by atoms with Crippen molar-refractivity contribution in [1.82, 2.24) is 9.97 Å². The van der Waals surface area contributed by atoms with Crippen LogP contribution in [0.5, 0.6) is 0 Å². The smallest absolute Gasteiger partial charge is 0.357 e. The van der Waals surface area contributed by atoms with E-state index >= 15 is 0 Å². The third kappa shape index (κ3) is 4.69. The highest BCUT2D eigenvalue weighted by molar-refractivity contribution is 5.98. The minimum atomic E-state index is -0.590. The number of nitrogens with one attached hydrogen (secondary N) is 1. The van der Waals surface area contributed by atoms with Crippen molar-refractivity contribution in [2.75, 3.05) is 0 Å². The zero-order chi connectivity index (χ0) is 20.2. The predicted octanol–water partition coefficient (Wildman–Crippen LogP) is 5.12. The highest BCUT2D eigenvalue weighted by Gasteiger charge is 2.20. The van der Waals surface area contributed by atoms with Crippen LogP contribution >= 0.6 is 0 Å². The Hall–Kier alpha value is -3.22. The molecule has 0 aliphatic carbocycles. The Balaban J connectivity index is 0.00000126. The van der Waals surface area contributed by atoms with Crippen LogP contribution in [0.4, 0.5) is 5.69 Å². The first-order valence-corrected chi connectivity index (χ1v) is 8.70. The van der Waals surface area contributed by atoms with E-state index in [1.54, 1.807) is 51.4 Å². The molecule has 0 bridgehead atoms. The summed E-state index contributed by atoms with van der Waals surface area (Å²) in [6.45, 7) is 9.39. The Morgan fingerprint density at radius 2 is 1.81 bits per heavy atom. The number of pyridine rings is 1. The summed E-state index contributed by atoms with van der Waals surface area (Å²) in [5.74, 6) is -0.485. The van der Waals surface area contributed by atoms with Gasteiger partial charge in [-0.15, -0.1) is 0 Å². The largest absolute Gasteiger partial charge is 0.455 e. The van der Waals surface area contributed by atoms with E-state index in [1.807, 2.05) is 13.8 Å². The maximum atomic E-state index is 12.1. The molecule has 0 atom stereocenters. The van der Waals surface area contributed by atoms with Crippen molar-refractivity contribution < 1.29 is 14.5 Å². The maximum Gasteiger partial charge on any atom is 0.357 e. The van der Waals surface area contributed by atoms with E-state index in [0.29, 0.717) is 0 Å². The van der Waals surface area contributed by atoms with E-state index in [9.17, 15) is 14.9 Å². The van der Waals surface area contributed by atoms with Crippen LogP contribution in [0.1, 0.15) is 45.1 Å². The third-order valence-corrected chi connectivity index (χ3v) is 3.56. The van der Waals surface area contributed by atoms with Crippen molar-refractivity contribution in [2.45, 2.75) is 40.2 Å². The molecule has 1 N–H and O–H groups in total. The first kappa shape index (κ1) is 20.1. The van der Waals surface area contributed by atoms with Crippen molar-refractivity contribution in [2.24, 2.45) is 0 Å². The van der Waals surface area contributed by atoms with Crippen LogP contribution in [0, 0.1) is 10.1 Å². The first-order valence-electron chi connectivity index (χ1n) is 8.70. The molecule has 0 aliphatic heterocycles. The standard InChI is InChI=1S/C18H17N3O4.C2H6/c1-18(2,3)25-17(22)16-8-15-14(10-20-16)13(9-19-15)11-4-6-12(7-5-11)21(23)24;1-2/h4-10,19H,1-3H3;1-2H3. The summed E-state index contributed by atoms with van der Waals surface area (Å²) in [7, 11) is 0. The molecule has 7 heteroatoms. The lowest BCUT2D eigenvalue weighted by atomic mass is 10.1. The Labute approximate surface area is 157 Å². The number of nitro groups is 1. The first-order chi connectivity index (χ1) is 12.7. The average Bonchev–Trinajstić information content (AvgIpc) is 3.05. The fourth-order valence-corrected chi connectivity index (χ4v) is 2.46. The van der Waals surface area contributed by atoms with Gasteiger partial charge in [0.15, 0.2) is 0 Å². The summed E-state index contributed by atoms with van der Waals surface area (Å²) in [6, 6.07) is 7.91.